The van der Waals surface area contributed by atoms with Gasteiger partial charge in [-0.1, -0.05) is 45.0 Å². The highest BCUT2D eigenvalue weighted by Crippen LogP contribution is 2.24. The fraction of sp³-hybridized carbons (Fsp3) is 0.667. The summed E-state index contributed by atoms with van der Waals surface area (Å²) >= 11 is 0. The zero-order chi connectivity index (χ0) is 19.5. The van der Waals surface area contributed by atoms with Crippen molar-refractivity contribution in [3.8, 4) is 0 Å². The van der Waals surface area contributed by atoms with Gasteiger partial charge in [0.25, 0.3) is 0 Å². The largest absolute Gasteiger partial charge is 0.342 e. The summed E-state index contributed by atoms with van der Waals surface area (Å²) in [6.07, 6.45) is 1.97. The molecule has 0 N–H and O–H groups in total. The predicted molar refractivity (Wildman–Crippen MR) is 107 cm³/mol. The Morgan fingerprint density at radius 2 is 1.65 bits per heavy atom. The van der Waals surface area contributed by atoms with Crippen LogP contribution in [0.5, 0.6) is 0 Å². The Morgan fingerprint density at radius 1 is 1.12 bits per heavy atom. The third-order valence-electron chi connectivity index (χ3n) is 5.33. The van der Waals surface area contributed by atoms with E-state index in [1.54, 1.807) is 13.8 Å². The van der Waals surface area contributed by atoms with E-state index >= 15 is 0 Å². The van der Waals surface area contributed by atoms with E-state index in [0.29, 0.717) is 19.5 Å². The molecular weight excluding hydrogens is 346 g/mol. The summed E-state index contributed by atoms with van der Waals surface area (Å²) in [5.41, 5.74) is 2.41. The van der Waals surface area contributed by atoms with Crippen LogP contribution in [0.1, 0.15) is 58.6 Å². The first kappa shape index (κ1) is 20.9. The lowest BCUT2D eigenvalue weighted by molar-refractivity contribution is -0.131. The SMILES string of the molecule is CC(C)S(=O)(=O)CC1CCN(C(=O)Cc2ccc(C(C)(C)C)cc2)CC1. The first-order valence-electron chi connectivity index (χ1n) is 9.58. The number of carbonyl (C=O) groups is 1. The van der Waals surface area contributed by atoms with Crippen LogP contribution in [0.4, 0.5) is 0 Å². The van der Waals surface area contributed by atoms with Crippen molar-refractivity contribution < 1.29 is 13.2 Å². The summed E-state index contributed by atoms with van der Waals surface area (Å²) in [6, 6.07) is 8.29. The van der Waals surface area contributed by atoms with Gasteiger partial charge < -0.3 is 4.90 Å². The molecule has 4 nitrogen and oxygen atoms in total. The van der Waals surface area contributed by atoms with Crippen LogP contribution in [0, 0.1) is 5.92 Å². The average Bonchev–Trinajstić information content (AvgIpc) is 2.54. The average molecular weight is 380 g/mol. The molecular formula is C21H33NO3S. The van der Waals surface area contributed by atoms with E-state index in [2.05, 4.69) is 32.9 Å². The molecule has 2 rings (SSSR count). The maximum absolute atomic E-state index is 12.6. The number of nitrogens with zero attached hydrogens (tertiary/aromatic N) is 1. The minimum Gasteiger partial charge on any atom is -0.342 e. The van der Waals surface area contributed by atoms with Crippen LogP contribution in [-0.4, -0.2) is 43.3 Å². The fourth-order valence-electron chi connectivity index (χ4n) is 3.28. The Balaban J connectivity index is 1.87. The van der Waals surface area contributed by atoms with Gasteiger partial charge in [-0.15, -0.1) is 0 Å². The summed E-state index contributed by atoms with van der Waals surface area (Å²) in [5, 5.41) is -0.321. The zero-order valence-corrected chi connectivity index (χ0v) is 17.6. The molecule has 0 bridgehead atoms. The molecule has 5 heteroatoms. The summed E-state index contributed by atoms with van der Waals surface area (Å²) in [6.45, 7) is 11.3. The van der Waals surface area contributed by atoms with Crippen LogP contribution >= 0.6 is 0 Å². The van der Waals surface area contributed by atoms with Crippen molar-refractivity contribution in [2.45, 2.75) is 64.5 Å². The van der Waals surface area contributed by atoms with E-state index in [1.165, 1.54) is 5.56 Å². The molecule has 0 spiro atoms. The van der Waals surface area contributed by atoms with Gasteiger partial charge in [-0.3, -0.25) is 4.79 Å². The van der Waals surface area contributed by atoms with Gasteiger partial charge in [-0.2, -0.15) is 0 Å². The van der Waals surface area contributed by atoms with Crippen LogP contribution in [0.2, 0.25) is 0 Å². The smallest absolute Gasteiger partial charge is 0.226 e. The van der Waals surface area contributed by atoms with Crippen molar-refractivity contribution in [1.82, 2.24) is 4.90 Å². The second-order valence-corrected chi connectivity index (χ2v) is 11.4. The van der Waals surface area contributed by atoms with Crippen molar-refractivity contribution in [3.05, 3.63) is 35.4 Å². The highest BCUT2D eigenvalue weighted by atomic mass is 32.2. The molecule has 0 saturated carbocycles. The van der Waals surface area contributed by atoms with E-state index in [4.69, 9.17) is 0 Å². The zero-order valence-electron chi connectivity index (χ0n) is 16.8. The number of carbonyl (C=O) groups excluding carboxylic acids is 1. The van der Waals surface area contributed by atoms with Gasteiger partial charge in [-0.25, -0.2) is 8.42 Å². The van der Waals surface area contributed by atoms with Crippen molar-refractivity contribution in [3.63, 3.8) is 0 Å². The number of piperidine rings is 1. The topological polar surface area (TPSA) is 54.5 Å². The maximum Gasteiger partial charge on any atom is 0.226 e. The molecule has 0 radical (unpaired) electrons. The molecule has 26 heavy (non-hydrogen) atoms. The second kappa shape index (κ2) is 8.12. The monoisotopic (exact) mass is 379 g/mol. The molecule has 0 aliphatic carbocycles. The number of sulfone groups is 1. The Bertz CT molecular complexity index is 707. The molecule has 0 aromatic heterocycles. The molecule has 0 atom stereocenters. The number of rotatable bonds is 5. The van der Waals surface area contributed by atoms with Crippen LogP contribution in [0.15, 0.2) is 24.3 Å². The van der Waals surface area contributed by atoms with Crippen molar-refractivity contribution in [2.24, 2.45) is 5.92 Å². The third-order valence-corrected chi connectivity index (χ3v) is 7.70. The lowest BCUT2D eigenvalue weighted by atomic mass is 9.86. The van der Waals surface area contributed by atoms with Gasteiger partial charge in [0.05, 0.1) is 17.4 Å². The van der Waals surface area contributed by atoms with Gasteiger partial charge >= 0.3 is 0 Å². The lowest BCUT2D eigenvalue weighted by Crippen LogP contribution is -2.41. The van der Waals surface area contributed by atoms with Gasteiger partial charge in [0.2, 0.25) is 5.91 Å². The maximum atomic E-state index is 12.6. The van der Waals surface area contributed by atoms with Gasteiger partial charge in [0.15, 0.2) is 9.84 Å². The first-order chi connectivity index (χ1) is 12.0. The number of hydrogen-bond acceptors (Lipinski definition) is 3. The summed E-state index contributed by atoms with van der Waals surface area (Å²) in [7, 11) is -3.00. The normalized spacial score (nSPS) is 16.9. The molecule has 1 aromatic rings. The summed E-state index contributed by atoms with van der Waals surface area (Å²) in [5.74, 6) is 0.567. The van der Waals surface area contributed by atoms with E-state index < -0.39 is 9.84 Å². The van der Waals surface area contributed by atoms with E-state index in [0.717, 1.165) is 18.4 Å². The molecule has 1 saturated heterocycles. The lowest BCUT2D eigenvalue weighted by Gasteiger charge is -2.32. The highest BCUT2D eigenvalue weighted by molar-refractivity contribution is 7.91. The standard InChI is InChI=1S/C21H33NO3S/c1-16(2)26(24,25)15-18-10-12-22(13-11-18)20(23)14-17-6-8-19(9-7-17)21(3,4)5/h6-9,16,18H,10-15H2,1-5H3. The third kappa shape index (κ3) is 5.57. The Morgan fingerprint density at radius 3 is 2.12 bits per heavy atom. The number of benzene rings is 1. The molecule has 1 heterocycles. The first-order valence-corrected chi connectivity index (χ1v) is 11.3. The molecule has 1 aromatic carbocycles. The van der Waals surface area contributed by atoms with Gasteiger partial charge in [0, 0.05) is 13.1 Å². The quantitative estimate of drug-likeness (QED) is 0.786. The van der Waals surface area contributed by atoms with Crippen molar-refractivity contribution >= 4 is 15.7 Å². The predicted octanol–water partition coefficient (Wildman–Crippen LogP) is 3.59. The van der Waals surface area contributed by atoms with Gasteiger partial charge in [0.1, 0.15) is 0 Å². The Labute approximate surface area is 158 Å². The molecule has 1 aliphatic heterocycles. The molecule has 1 aliphatic rings. The number of amides is 1. The molecule has 1 amide bonds. The number of likely N-dealkylation sites (tertiary alicyclic amines) is 1. The molecule has 0 unspecified atom stereocenters. The molecule has 146 valence electrons. The number of hydrogen-bond donors (Lipinski definition) is 0. The van der Waals surface area contributed by atoms with Crippen LogP contribution < -0.4 is 0 Å². The van der Waals surface area contributed by atoms with Crippen LogP contribution in [0.25, 0.3) is 0 Å². The van der Waals surface area contributed by atoms with E-state index in [1.807, 2.05) is 17.0 Å². The second-order valence-electron chi connectivity index (χ2n) is 8.83. The minimum absolute atomic E-state index is 0.112. The summed E-state index contributed by atoms with van der Waals surface area (Å²) < 4.78 is 24.1. The van der Waals surface area contributed by atoms with Crippen molar-refractivity contribution in [2.75, 3.05) is 18.8 Å². The summed E-state index contributed by atoms with van der Waals surface area (Å²) in [4.78, 5) is 14.4. The Hall–Kier alpha value is -1.36. The van der Waals surface area contributed by atoms with E-state index in [-0.39, 0.29) is 28.2 Å². The van der Waals surface area contributed by atoms with E-state index in [9.17, 15) is 13.2 Å². The van der Waals surface area contributed by atoms with Crippen LogP contribution in [-0.2, 0) is 26.5 Å². The fourth-order valence-corrected chi connectivity index (χ4v) is 4.65. The molecule has 1 fully saturated rings. The van der Waals surface area contributed by atoms with Gasteiger partial charge in [-0.05, 0) is 49.1 Å². The Kier molecular flexibility index (Phi) is 6.54. The minimum atomic E-state index is -3.00. The van der Waals surface area contributed by atoms with Crippen LogP contribution in [0.3, 0.4) is 0 Å². The highest BCUT2D eigenvalue weighted by Gasteiger charge is 2.28. The van der Waals surface area contributed by atoms with Crippen molar-refractivity contribution in [1.29, 1.82) is 0 Å².